The third-order valence-electron chi connectivity index (χ3n) is 3.11. The fourth-order valence-electron chi connectivity index (χ4n) is 1.86. The maximum atomic E-state index is 10.8. The Morgan fingerprint density at radius 1 is 1.37 bits per heavy atom. The lowest BCUT2D eigenvalue weighted by molar-refractivity contribution is 0.0702. The van der Waals surface area contributed by atoms with Crippen molar-refractivity contribution < 1.29 is 9.90 Å². The zero-order valence-corrected chi connectivity index (χ0v) is 12.6. The lowest BCUT2D eigenvalue weighted by atomic mass is 10.2. The monoisotopic (exact) mass is 295 g/mol. The van der Waals surface area contributed by atoms with Crippen molar-refractivity contribution >= 4 is 28.6 Å². The Morgan fingerprint density at radius 3 is 2.74 bits per heavy atom. The average Bonchev–Trinajstić information content (AvgIpc) is 2.99. The second kappa shape index (κ2) is 6.32. The number of carboxylic acids is 1. The molecule has 0 aromatic carbocycles. The molecule has 0 bridgehead atoms. The van der Waals surface area contributed by atoms with E-state index in [9.17, 15) is 4.79 Å². The van der Waals surface area contributed by atoms with E-state index in [-0.39, 0.29) is 0 Å². The van der Waals surface area contributed by atoms with Crippen LogP contribution in [0.1, 0.15) is 26.3 Å². The zero-order valence-electron chi connectivity index (χ0n) is 11.0. The normalized spacial score (nSPS) is 12.8. The van der Waals surface area contributed by atoms with Gasteiger partial charge in [-0.3, -0.25) is 4.90 Å². The Labute approximate surface area is 121 Å². The van der Waals surface area contributed by atoms with E-state index in [1.54, 1.807) is 17.4 Å². The van der Waals surface area contributed by atoms with Gasteiger partial charge in [0.05, 0.1) is 0 Å². The van der Waals surface area contributed by atoms with Gasteiger partial charge in [-0.2, -0.15) is 0 Å². The summed E-state index contributed by atoms with van der Waals surface area (Å²) < 4.78 is 0. The minimum Gasteiger partial charge on any atom is -0.477 e. The van der Waals surface area contributed by atoms with Gasteiger partial charge < -0.3 is 5.11 Å². The molecule has 102 valence electrons. The molecule has 5 heteroatoms. The molecule has 0 spiro atoms. The molecule has 2 aromatic rings. The Balaban J connectivity index is 1.92. The smallest absolute Gasteiger partial charge is 0.345 e. The molecule has 1 N–H and O–H groups in total. The topological polar surface area (TPSA) is 40.5 Å². The second-order valence-corrected chi connectivity index (χ2v) is 6.82. The number of hydrogen-bond donors (Lipinski definition) is 1. The third kappa shape index (κ3) is 3.89. The fraction of sp³-hybridized carbons (Fsp3) is 0.357. The van der Waals surface area contributed by atoms with Gasteiger partial charge in [-0.25, -0.2) is 4.79 Å². The molecule has 1 unspecified atom stereocenters. The molecular weight excluding hydrogens is 278 g/mol. The standard InChI is InChI=1S/C14H17NO2S2/c1-10(8-11-4-3-7-18-11)15(2)9-12-5-6-13(19-12)14(16)17/h3-7,10H,8-9H2,1-2H3,(H,16,17). The van der Waals surface area contributed by atoms with Gasteiger partial charge in [-0.1, -0.05) is 6.07 Å². The summed E-state index contributed by atoms with van der Waals surface area (Å²) in [6.07, 6.45) is 1.03. The second-order valence-electron chi connectivity index (χ2n) is 4.62. The zero-order chi connectivity index (χ0) is 13.8. The molecule has 0 aliphatic rings. The Bertz CT molecular complexity index is 533. The van der Waals surface area contributed by atoms with Crippen molar-refractivity contribution in [2.75, 3.05) is 7.05 Å². The van der Waals surface area contributed by atoms with E-state index in [1.807, 2.05) is 6.07 Å². The van der Waals surface area contributed by atoms with Crippen LogP contribution in [0.5, 0.6) is 0 Å². The van der Waals surface area contributed by atoms with E-state index >= 15 is 0 Å². The maximum absolute atomic E-state index is 10.8. The Hall–Kier alpha value is -1.17. The molecule has 2 rings (SSSR count). The maximum Gasteiger partial charge on any atom is 0.345 e. The van der Waals surface area contributed by atoms with E-state index in [0.717, 1.165) is 17.8 Å². The molecule has 19 heavy (non-hydrogen) atoms. The number of aromatic carboxylic acids is 1. The van der Waals surface area contributed by atoms with Crippen LogP contribution in [0.3, 0.4) is 0 Å². The number of thiophene rings is 2. The van der Waals surface area contributed by atoms with E-state index in [0.29, 0.717) is 10.9 Å². The fourth-order valence-corrected chi connectivity index (χ4v) is 3.59. The lowest BCUT2D eigenvalue weighted by Gasteiger charge is -2.23. The number of likely N-dealkylation sites (N-methyl/N-ethyl adjacent to an activating group) is 1. The van der Waals surface area contributed by atoms with Crippen molar-refractivity contribution in [1.29, 1.82) is 0 Å². The number of carboxylic acid groups (broad SMARTS) is 1. The average molecular weight is 295 g/mol. The quantitative estimate of drug-likeness (QED) is 0.885. The SMILES string of the molecule is CC(Cc1cccs1)N(C)Cc1ccc(C(=O)O)s1. The predicted molar refractivity (Wildman–Crippen MR) is 80.2 cm³/mol. The Kier molecular flexibility index (Phi) is 4.74. The first-order chi connectivity index (χ1) is 9.06. The minimum absolute atomic E-state index is 0.411. The summed E-state index contributed by atoms with van der Waals surface area (Å²) in [5.41, 5.74) is 0. The Morgan fingerprint density at radius 2 is 2.16 bits per heavy atom. The van der Waals surface area contributed by atoms with Crippen molar-refractivity contribution in [1.82, 2.24) is 4.90 Å². The summed E-state index contributed by atoms with van der Waals surface area (Å²) in [5.74, 6) is -0.842. The number of hydrogen-bond acceptors (Lipinski definition) is 4. The van der Waals surface area contributed by atoms with E-state index < -0.39 is 5.97 Å². The van der Waals surface area contributed by atoms with Crippen LogP contribution in [-0.4, -0.2) is 29.1 Å². The van der Waals surface area contributed by atoms with Crippen LogP contribution in [0.15, 0.2) is 29.6 Å². The molecule has 1 atom stereocenters. The molecule has 2 heterocycles. The van der Waals surface area contributed by atoms with Crippen LogP contribution in [0.25, 0.3) is 0 Å². The van der Waals surface area contributed by atoms with Gasteiger partial charge >= 0.3 is 5.97 Å². The highest BCUT2D eigenvalue weighted by Gasteiger charge is 2.13. The van der Waals surface area contributed by atoms with Crippen LogP contribution >= 0.6 is 22.7 Å². The van der Waals surface area contributed by atoms with Crippen LogP contribution in [-0.2, 0) is 13.0 Å². The summed E-state index contributed by atoms with van der Waals surface area (Å²) in [6, 6.07) is 8.25. The molecule has 0 saturated carbocycles. The van der Waals surface area contributed by atoms with Crippen molar-refractivity contribution in [2.24, 2.45) is 0 Å². The molecule has 0 radical (unpaired) electrons. The molecular formula is C14H17NO2S2. The summed E-state index contributed by atoms with van der Waals surface area (Å²) in [4.78, 5) is 16.0. The van der Waals surface area contributed by atoms with Gasteiger partial charge in [0.2, 0.25) is 0 Å². The van der Waals surface area contributed by atoms with E-state index in [2.05, 4.69) is 36.4 Å². The van der Waals surface area contributed by atoms with E-state index in [4.69, 9.17) is 5.11 Å². The first kappa shape index (κ1) is 14.2. The number of rotatable bonds is 6. The lowest BCUT2D eigenvalue weighted by Crippen LogP contribution is -2.29. The van der Waals surface area contributed by atoms with Gasteiger partial charge in [-0.05, 0) is 44.0 Å². The largest absolute Gasteiger partial charge is 0.477 e. The molecule has 0 amide bonds. The van der Waals surface area contributed by atoms with Crippen LogP contribution in [0.4, 0.5) is 0 Å². The highest BCUT2D eigenvalue weighted by Crippen LogP contribution is 2.20. The molecule has 0 saturated heterocycles. The molecule has 0 fully saturated rings. The van der Waals surface area contributed by atoms with Gasteiger partial charge in [0.1, 0.15) is 4.88 Å². The highest BCUT2D eigenvalue weighted by molar-refractivity contribution is 7.13. The summed E-state index contributed by atoms with van der Waals surface area (Å²) in [5, 5.41) is 11.0. The molecule has 0 aliphatic heterocycles. The minimum atomic E-state index is -0.842. The van der Waals surface area contributed by atoms with Crippen LogP contribution in [0.2, 0.25) is 0 Å². The molecule has 2 aromatic heterocycles. The molecule has 3 nitrogen and oxygen atoms in total. The van der Waals surface area contributed by atoms with Crippen molar-refractivity contribution in [2.45, 2.75) is 25.9 Å². The summed E-state index contributed by atoms with van der Waals surface area (Å²) >= 11 is 3.14. The van der Waals surface area contributed by atoms with Crippen LogP contribution in [0, 0.1) is 0 Å². The van der Waals surface area contributed by atoms with Crippen molar-refractivity contribution in [3.8, 4) is 0 Å². The van der Waals surface area contributed by atoms with E-state index in [1.165, 1.54) is 16.2 Å². The first-order valence-electron chi connectivity index (χ1n) is 6.11. The first-order valence-corrected chi connectivity index (χ1v) is 7.80. The van der Waals surface area contributed by atoms with Gasteiger partial charge in [0, 0.05) is 22.3 Å². The van der Waals surface area contributed by atoms with Crippen molar-refractivity contribution in [3.63, 3.8) is 0 Å². The summed E-state index contributed by atoms with van der Waals surface area (Å²) in [7, 11) is 2.08. The predicted octanol–water partition coefficient (Wildman–Crippen LogP) is 3.57. The highest BCUT2D eigenvalue weighted by atomic mass is 32.1. The number of carbonyl (C=O) groups is 1. The van der Waals surface area contributed by atoms with Gasteiger partial charge in [0.15, 0.2) is 0 Å². The summed E-state index contributed by atoms with van der Waals surface area (Å²) in [6.45, 7) is 3.00. The van der Waals surface area contributed by atoms with Crippen molar-refractivity contribution in [3.05, 3.63) is 44.3 Å². The van der Waals surface area contributed by atoms with Gasteiger partial charge in [-0.15, -0.1) is 22.7 Å². The number of nitrogens with zero attached hydrogens (tertiary/aromatic N) is 1. The van der Waals surface area contributed by atoms with Gasteiger partial charge in [0.25, 0.3) is 0 Å². The van der Waals surface area contributed by atoms with Crippen LogP contribution < -0.4 is 0 Å². The molecule has 0 aliphatic carbocycles. The third-order valence-corrected chi connectivity index (χ3v) is 5.06.